The molecule has 2 atom stereocenters. The van der Waals surface area contributed by atoms with Gasteiger partial charge < -0.3 is 28.5 Å². The first-order valence-corrected chi connectivity index (χ1v) is 37.1. The van der Waals surface area contributed by atoms with E-state index in [1.165, 1.54) is 231 Å². The topological polar surface area (TPSA) is 108 Å². The molecule has 9 heteroatoms. The SMILES string of the molecule is CC/C=C\C/C=C\C/C=C\C/C=C\C/C=C\C/C=C\CCCCCCCCCCC(=O)OC(COC(=O)CCCCCCCCCCCCCCCCCCCCCCCCCCCCCCCCCCCCC)COC(OCC[N+](C)(C)C)C(=O)O. The molecule has 1 N–H and O–H groups in total. The van der Waals surface area contributed by atoms with Crippen LogP contribution in [0.15, 0.2) is 72.9 Å². The second kappa shape index (κ2) is 68.6. The third-order valence-corrected chi connectivity index (χ3v) is 16.5. The van der Waals surface area contributed by atoms with Crippen molar-refractivity contribution in [3.05, 3.63) is 72.9 Å². The van der Waals surface area contributed by atoms with E-state index in [0.717, 1.165) is 83.5 Å². The molecule has 0 aliphatic rings. The number of rotatable bonds is 69. The van der Waals surface area contributed by atoms with E-state index < -0.39 is 24.3 Å². The molecule has 506 valence electrons. The number of quaternary nitrogens is 1. The van der Waals surface area contributed by atoms with Crippen LogP contribution in [0.2, 0.25) is 0 Å². The predicted molar refractivity (Wildman–Crippen MR) is 373 cm³/mol. The molecule has 0 saturated heterocycles. The zero-order valence-electron chi connectivity index (χ0n) is 57.9. The van der Waals surface area contributed by atoms with Gasteiger partial charge in [0, 0.05) is 12.8 Å². The summed E-state index contributed by atoms with van der Waals surface area (Å²) >= 11 is 0. The fourth-order valence-electron chi connectivity index (χ4n) is 10.8. The Bertz CT molecular complexity index is 1660. The van der Waals surface area contributed by atoms with Gasteiger partial charge in [-0.15, -0.1) is 0 Å². The predicted octanol–water partition coefficient (Wildman–Crippen LogP) is 23.3. The molecule has 0 fully saturated rings. The molecule has 0 aliphatic heterocycles. The summed E-state index contributed by atoms with van der Waals surface area (Å²) in [6.07, 6.45) is 89.0. The van der Waals surface area contributed by atoms with Crippen molar-refractivity contribution in [1.82, 2.24) is 0 Å². The molecule has 0 aromatic heterocycles. The van der Waals surface area contributed by atoms with Crippen molar-refractivity contribution < 1.29 is 42.9 Å². The van der Waals surface area contributed by atoms with Gasteiger partial charge in [0.15, 0.2) is 6.10 Å². The zero-order valence-corrected chi connectivity index (χ0v) is 57.9. The highest BCUT2D eigenvalue weighted by Crippen LogP contribution is 2.19. The molecule has 0 aromatic rings. The first-order valence-electron chi connectivity index (χ1n) is 37.1. The molecule has 0 saturated carbocycles. The van der Waals surface area contributed by atoms with E-state index in [1.54, 1.807) is 0 Å². The van der Waals surface area contributed by atoms with Crippen molar-refractivity contribution in [3.63, 3.8) is 0 Å². The average molecular weight is 1220 g/mol. The minimum Gasteiger partial charge on any atom is -0.477 e. The fourth-order valence-corrected chi connectivity index (χ4v) is 10.8. The van der Waals surface area contributed by atoms with Crippen LogP contribution in [0.25, 0.3) is 0 Å². The van der Waals surface area contributed by atoms with Gasteiger partial charge in [-0.25, -0.2) is 4.79 Å². The summed E-state index contributed by atoms with van der Waals surface area (Å²) in [5.74, 6) is -2.00. The van der Waals surface area contributed by atoms with Crippen LogP contribution in [0.3, 0.4) is 0 Å². The Morgan fingerprint density at radius 2 is 0.655 bits per heavy atom. The number of unbranched alkanes of at least 4 members (excludes halogenated alkanes) is 42. The van der Waals surface area contributed by atoms with Gasteiger partial charge in [-0.1, -0.05) is 344 Å². The molecule has 2 unspecified atom stereocenters. The van der Waals surface area contributed by atoms with Crippen LogP contribution in [0.4, 0.5) is 0 Å². The number of carbonyl (C=O) groups excluding carboxylic acids is 2. The van der Waals surface area contributed by atoms with Gasteiger partial charge in [-0.2, -0.15) is 0 Å². The third-order valence-electron chi connectivity index (χ3n) is 16.5. The summed E-state index contributed by atoms with van der Waals surface area (Å²) < 4.78 is 23.0. The number of esters is 2. The maximum Gasteiger partial charge on any atom is 0.361 e. The van der Waals surface area contributed by atoms with Gasteiger partial charge in [-0.05, 0) is 64.2 Å². The van der Waals surface area contributed by atoms with Gasteiger partial charge in [-0.3, -0.25) is 9.59 Å². The van der Waals surface area contributed by atoms with Crippen molar-refractivity contribution in [2.75, 3.05) is 47.5 Å². The second-order valence-corrected chi connectivity index (χ2v) is 26.2. The fraction of sp³-hybridized carbons (Fsp3) is 0.808. The van der Waals surface area contributed by atoms with Gasteiger partial charge in [0.2, 0.25) is 0 Å². The van der Waals surface area contributed by atoms with Crippen molar-refractivity contribution in [2.45, 2.75) is 360 Å². The molecule has 0 aromatic carbocycles. The number of ether oxygens (including phenoxy) is 4. The Morgan fingerprint density at radius 3 is 0.977 bits per heavy atom. The van der Waals surface area contributed by atoms with E-state index in [9.17, 15) is 19.5 Å². The quantitative estimate of drug-likeness (QED) is 0.0211. The maximum absolute atomic E-state index is 12.9. The summed E-state index contributed by atoms with van der Waals surface area (Å²) in [4.78, 5) is 37.7. The summed E-state index contributed by atoms with van der Waals surface area (Å²) in [5.41, 5.74) is 0. The molecule has 0 aliphatic carbocycles. The molecular formula is C78H142NO8+. The summed E-state index contributed by atoms with van der Waals surface area (Å²) in [6, 6.07) is 0. The number of hydrogen-bond donors (Lipinski definition) is 1. The lowest BCUT2D eigenvalue weighted by molar-refractivity contribution is -0.870. The van der Waals surface area contributed by atoms with Crippen LogP contribution in [0.1, 0.15) is 348 Å². The lowest BCUT2D eigenvalue weighted by atomic mass is 10.0. The van der Waals surface area contributed by atoms with E-state index in [2.05, 4.69) is 86.8 Å². The summed E-state index contributed by atoms with van der Waals surface area (Å²) in [7, 11) is 5.98. The van der Waals surface area contributed by atoms with Gasteiger partial charge in [0.25, 0.3) is 6.29 Å². The average Bonchev–Trinajstić information content (AvgIpc) is 3.56. The Hall–Kier alpha value is -3.27. The highest BCUT2D eigenvalue weighted by molar-refractivity contribution is 5.71. The minimum absolute atomic E-state index is 0.185. The smallest absolute Gasteiger partial charge is 0.361 e. The Balaban J connectivity index is 4.05. The highest BCUT2D eigenvalue weighted by atomic mass is 16.7. The summed E-state index contributed by atoms with van der Waals surface area (Å²) in [5, 5.41) is 9.75. The molecular weight excluding hydrogens is 1080 g/mol. The van der Waals surface area contributed by atoms with Crippen LogP contribution in [-0.2, 0) is 33.3 Å². The zero-order chi connectivity index (χ0) is 63.3. The first kappa shape index (κ1) is 83.7. The second-order valence-electron chi connectivity index (χ2n) is 26.2. The van der Waals surface area contributed by atoms with Gasteiger partial charge >= 0.3 is 17.9 Å². The van der Waals surface area contributed by atoms with E-state index in [1.807, 2.05) is 21.1 Å². The molecule has 0 spiro atoms. The molecule has 0 bridgehead atoms. The van der Waals surface area contributed by atoms with Crippen LogP contribution < -0.4 is 0 Å². The number of aliphatic carboxylic acids is 1. The molecule has 87 heavy (non-hydrogen) atoms. The number of carbonyl (C=O) groups is 3. The highest BCUT2D eigenvalue weighted by Gasteiger charge is 2.25. The van der Waals surface area contributed by atoms with Crippen molar-refractivity contribution in [2.24, 2.45) is 0 Å². The van der Waals surface area contributed by atoms with Crippen LogP contribution >= 0.6 is 0 Å². The lowest BCUT2D eigenvalue weighted by Gasteiger charge is -2.25. The summed E-state index contributed by atoms with van der Waals surface area (Å²) in [6.45, 7) is 4.80. The third kappa shape index (κ3) is 70.1. The van der Waals surface area contributed by atoms with Crippen molar-refractivity contribution in [1.29, 1.82) is 0 Å². The molecule has 0 rings (SSSR count). The minimum atomic E-state index is -1.52. The Kier molecular flexibility index (Phi) is 66.1. The van der Waals surface area contributed by atoms with Crippen molar-refractivity contribution in [3.8, 4) is 0 Å². The normalized spacial score (nSPS) is 13.1. The number of nitrogens with zero attached hydrogens (tertiary/aromatic N) is 1. The number of likely N-dealkylation sites (N-methyl/N-ethyl adjacent to an activating group) is 1. The van der Waals surface area contributed by atoms with E-state index in [-0.39, 0.29) is 32.2 Å². The van der Waals surface area contributed by atoms with Crippen LogP contribution in [0, 0.1) is 0 Å². The van der Waals surface area contributed by atoms with E-state index in [0.29, 0.717) is 23.9 Å². The van der Waals surface area contributed by atoms with Gasteiger partial charge in [0.05, 0.1) is 34.4 Å². The van der Waals surface area contributed by atoms with Crippen LogP contribution in [-0.4, -0.2) is 87.4 Å². The van der Waals surface area contributed by atoms with Crippen molar-refractivity contribution >= 4 is 17.9 Å². The monoisotopic (exact) mass is 1220 g/mol. The largest absolute Gasteiger partial charge is 0.477 e. The molecule has 9 nitrogen and oxygen atoms in total. The molecule has 0 amide bonds. The Morgan fingerprint density at radius 1 is 0.356 bits per heavy atom. The number of allylic oxidation sites excluding steroid dienone is 12. The number of hydrogen-bond acceptors (Lipinski definition) is 7. The van der Waals surface area contributed by atoms with E-state index >= 15 is 0 Å². The Labute approximate surface area is 538 Å². The maximum atomic E-state index is 12.9. The lowest BCUT2D eigenvalue weighted by Crippen LogP contribution is -2.40. The number of carboxylic acid groups (broad SMARTS) is 1. The standard InChI is InChI=1S/C78H141NO8/c1-6-8-10-12-14-16-18-20-22-24-26-28-30-32-34-35-36-37-38-39-40-41-43-44-46-48-50-52-54-56-58-60-62-64-66-68-75(80)85-72-74(73-86-78(77(82)83)84-71-70-79(3,4)5)87-76(81)69-67-65-63-61-59-57-55-53-51-49-47-45-42-33-31-29-27-25-23-21-19-17-15-13-11-9-7-2/h9,11,15,17,21,23,27,29,33,42,47,49,74,78H,6-8,10,12-14,16,18-20,22,24-26,28,30-32,34-41,43-46,48,50-73H2,1-5H3/p+1/b11-9-,17-15-,23-21-,29-27-,42-33-,49-47-. The van der Waals surface area contributed by atoms with E-state index in [4.69, 9.17) is 18.9 Å². The van der Waals surface area contributed by atoms with Gasteiger partial charge in [0.1, 0.15) is 13.2 Å². The first-order chi connectivity index (χ1) is 42.6. The number of carboxylic acids is 1. The molecule has 0 radical (unpaired) electrons. The van der Waals surface area contributed by atoms with Crippen LogP contribution in [0.5, 0.6) is 0 Å². The molecule has 0 heterocycles.